The summed E-state index contributed by atoms with van der Waals surface area (Å²) in [5, 5.41) is 10.4. The number of phenolic OH excluding ortho intramolecular Hbond substituents is 1. The van der Waals surface area contributed by atoms with Crippen LogP contribution in [0.3, 0.4) is 0 Å². The second-order valence-corrected chi connectivity index (χ2v) is 5.73. The van der Waals surface area contributed by atoms with Gasteiger partial charge in [-0.15, -0.1) is 0 Å². The Morgan fingerprint density at radius 2 is 1.95 bits per heavy atom. The van der Waals surface area contributed by atoms with Crippen molar-refractivity contribution in [2.24, 2.45) is 5.73 Å². The van der Waals surface area contributed by atoms with Gasteiger partial charge in [-0.1, -0.05) is 25.4 Å². The number of halogens is 1. The second-order valence-electron chi connectivity index (χ2n) is 5.36. The molecule has 0 saturated carbocycles. The summed E-state index contributed by atoms with van der Waals surface area (Å²) in [4.78, 5) is 12.5. The number of nitrogens with two attached hydrogens (primary N) is 1. The number of aryl methyl sites for hydroxylation is 1. The first-order valence-corrected chi connectivity index (χ1v) is 7.45. The maximum atomic E-state index is 12.5. The Balaban J connectivity index is 2.91. The minimum absolute atomic E-state index is 0.0607. The fourth-order valence-electron chi connectivity index (χ4n) is 2.98. The van der Waals surface area contributed by atoms with Crippen LogP contribution in [0.4, 0.5) is 0 Å². The van der Waals surface area contributed by atoms with E-state index < -0.39 is 11.0 Å². The number of rotatable bonds is 4. The van der Waals surface area contributed by atoms with Gasteiger partial charge >= 0.3 is 5.63 Å². The van der Waals surface area contributed by atoms with Crippen molar-refractivity contribution >= 4 is 22.6 Å². The lowest BCUT2D eigenvalue weighted by Crippen LogP contribution is -2.39. The SMILES string of the molecule is CCC(CC)(CN)c1c(C)c2ccc(O)c(Cl)c2oc1=O. The molecule has 0 aliphatic rings. The van der Waals surface area contributed by atoms with Crippen LogP contribution in [0, 0.1) is 6.92 Å². The van der Waals surface area contributed by atoms with Gasteiger partial charge in [-0.3, -0.25) is 0 Å². The van der Waals surface area contributed by atoms with E-state index in [-0.39, 0.29) is 16.4 Å². The smallest absolute Gasteiger partial charge is 0.340 e. The molecule has 0 unspecified atom stereocenters. The summed E-state index contributed by atoms with van der Waals surface area (Å²) < 4.78 is 5.39. The zero-order valence-corrected chi connectivity index (χ0v) is 13.3. The highest BCUT2D eigenvalue weighted by molar-refractivity contribution is 6.36. The van der Waals surface area contributed by atoms with Crippen molar-refractivity contribution in [1.82, 2.24) is 0 Å². The molecule has 0 fully saturated rings. The average molecular weight is 310 g/mol. The molecule has 0 radical (unpaired) electrons. The fourth-order valence-corrected chi connectivity index (χ4v) is 3.18. The molecule has 0 saturated heterocycles. The molecule has 4 nitrogen and oxygen atoms in total. The Kier molecular flexibility index (Phi) is 4.30. The zero-order chi connectivity index (χ0) is 15.8. The highest BCUT2D eigenvalue weighted by Crippen LogP contribution is 2.37. The molecule has 1 heterocycles. The molecule has 5 heteroatoms. The van der Waals surface area contributed by atoms with Crippen LogP contribution in [0.15, 0.2) is 21.3 Å². The Morgan fingerprint density at radius 3 is 2.48 bits per heavy atom. The predicted octanol–water partition coefficient (Wildman–Crippen LogP) is 3.48. The molecule has 3 N–H and O–H groups in total. The van der Waals surface area contributed by atoms with Gasteiger partial charge in [-0.25, -0.2) is 4.79 Å². The van der Waals surface area contributed by atoms with Gasteiger partial charge in [-0.2, -0.15) is 0 Å². The van der Waals surface area contributed by atoms with Gasteiger partial charge in [0.25, 0.3) is 0 Å². The van der Waals surface area contributed by atoms with E-state index in [2.05, 4.69) is 0 Å². The third kappa shape index (κ3) is 2.32. The van der Waals surface area contributed by atoms with Crippen LogP contribution in [0.1, 0.15) is 37.8 Å². The van der Waals surface area contributed by atoms with Crippen LogP contribution >= 0.6 is 11.6 Å². The molecule has 0 spiro atoms. The van der Waals surface area contributed by atoms with Crippen LogP contribution in [0.5, 0.6) is 5.75 Å². The van der Waals surface area contributed by atoms with E-state index in [4.69, 9.17) is 21.8 Å². The molecule has 2 rings (SSSR count). The van der Waals surface area contributed by atoms with E-state index in [1.165, 1.54) is 6.07 Å². The summed E-state index contributed by atoms with van der Waals surface area (Å²) in [6.07, 6.45) is 1.51. The average Bonchev–Trinajstić information content (AvgIpc) is 2.48. The molecular weight excluding hydrogens is 290 g/mol. The van der Waals surface area contributed by atoms with Gasteiger partial charge in [0.1, 0.15) is 10.8 Å². The van der Waals surface area contributed by atoms with E-state index in [0.29, 0.717) is 12.1 Å². The topological polar surface area (TPSA) is 76.5 Å². The van der Waals surface area contributed by atoms with E-state index in [1.54, 1.807) is 6.07 Å². The van der Waals surface area contributed by atoms with Crippen LogP contribution < -0.4 is 11.4 Å². The normalized spacial score (nSPS) is 12.0. The monoisotopic (exact) mass is 309 g/mol. The molecule has 1 aromatic heterocycles. The first kappa shape index (κ1) is 15.9. The molecule has 2 aromatic rings. The lowest BCUT2D eigenvalue weighted by molar-refractivity contribution is 0.384. The van der Waals surface area contributed by atoms with Crippen molar-refractivity contribution in [3.63, 3.8) is 0 Å². The molecule has 0 aliphatic carbocycles. The molecule has 114 valence electrons. The highest BCUT2D eigenvalue weighted by Gasteiger charge is 2.33. The molecule has 0 atom stereocenters. The van der Waals surface area contributed by atoms with Crippen molar-refractivity contribution in [1.29, 1.82) is 0 Å². The molecule has 0 aliphatic heterocycles. The van der Waals surface area contributed by atoms with Crippen molar-refractivity contribution in [2.45, 2.75) is 39.0 Å². The van der Waals surface area contributed by atoms with Crippen molar-refractivity contribution in [3.05, 3.63) is 38.7 Å². The maximum Gasteiger partial charge on any atom is 0.340 e. The first-order chi connectivity index (χ1) is 9.91. The van der Waals surface area contributed by atoms with Crippen LogP contribution in [-0.4, -0.2) is 11.7 Å². The Morgan fingerprint density at radius 1 is 1.33 bits per heavy atom. The van der Waals surface area contributed by atoms with Gasteiger partial charge in [-0.05, 0) is 37.5 Å². The standard InChI is InChI=1S/C16H20ClNO3/c1-4-16(5-2,8-18)12-9(3)10-6-7-11(19)13(17)14(10)21-15(12)20/h6-7,19H,4-5,8,18H2,1-3H3. The lowest BCUT2D eigenvalue weighted by atomic mass is 9.74. The van der Waals surface area contributed by atoms with Crippen molar-refractivity contribution < 1.29 is 9.52 Å². The van der Waals surface area contributed by atoms with Gasteiger partial charge in [0.15, 0.2) is 5.58 Å². The van der Waals surface area contributed by atoms with E-state index in [0.717, 1.165) is 23.8 Å². The molecule has 21 heavy (non-hydrogen) atoms. The summed E-state index contributed by atoms with van der Waals surface area (Å²) >= 11 is 6.03. The number of hydrogen-bond donors (Lipinski definition) is 2. The summed E-state index contributed by atoms with van der Waals surface area (Å²) in [6, 6.07) is 3.22. The quantitative estimate of drug-likeness (QED) is 0.848. The summed E-state index contributed by atoms with van der Waals surface area (Å²) in [6.45, 7) is 6.28. The first-order valence-electron chi connectivity index (χ1n) is 7.07. The number of fused-ring (bicyclic) bond motifs is 1. The Bertz CT molecular complexity index is 724. The lowest BCUT2D eigenvalue weighted by Gasteiger charge is -2.31. The third-order valence-electron chi connectivity index (χ3n) is 4.53. The number of phenols is 1. The van der Waals surface area contributed by atoms with E-state index in [1.807, 2.05) is 20.8 Å². The zero-order valence-electron chi connectivity index (χ0n) is 12.5. The minimum atomic E-state index is -0.429. The summed E-state index contributed by atoms with van der Waals surface area (Å²) in [7, 11) is 0. The predicted molar refractivity (Wildman–Crippen MR) is 85.2 cm³/mol. The Labute approximate surface area is 128 Å². The highest BCUT2D eigenvalue weighted by atomic mass is 35.5. The number of aromatic hydroxyl groups is 1. The number of hydrogen-bond acceptors (Lipinski definition) is 4. The van der Waals surface area contributed by atoms with Crippen LogP contribution in [0.25, 0.3) is 11.0 Å². The van der Waals surface area contributed by atoms with Crippen molar-refractivity contribution in [3.8, 4) is 5.75 Å². The van der Waals surface area contributed by atoms with Crippen LogP contribution in [-0.2, 0) is 5.41 Å². The van der Waals surface area contributed by atoms with Gasteiger partial charge in [0.05, 0.1) is 0 Å². The largest absolute Gasteiger partial charge is 0.506 e. The molecule has 0 amide bonds. The summed E-state index contributed by atoms with van der Waals surface area (Å²) in [5.41, 5.74) is 6.78. The molecule has 1 aromatic carbocycles. The third-order valence-corrected chi connectivity index (χ3v) is 4.89. The minimum Gasteiger partial charge on any atom is -0.506 e. The van der Waals surface area contributed by atoms with Crippen LogP contribution in [0.2, 0.25) is 5.02 Å². The fraction of sp³-hybridized carbons (Fsp3) is 0.438. The van der Waals surface area contributed by atoms with Gasteiger partial charge in [0.2, 0.25) is 0 Å². The van der Waals surface area contributed by atoms with E-state index >= 15 is 0 Å². The van der Waals surface area contributed by atoms with Crippen molar-refractivity contribution in [2.75, 3.05) is 6.54 Å². The van der Waals surface area contributed by atoms with E-state index in [9.17, 15) is 9.90 Å². The second kappa shape index (κ2) is 5.70. The van der Waals surface area contributed by atoms with Gasteiger partial charge in [0, 0.05) is 22.9 Å². The van der Waals surface area contributed by atoms with Gasteiger partial charge < -0.3 is 15.3 Å². The maximum absolute atomic E-state index is 12.5. The summed E-state index contributed by atoms with van der Waals surface area (Å²) in [5.74, 6) is -0.101. The Hall–Kier alpha value is -1.52. The molecular formula is C16H20ClNO3. The number of benzene rings is 1. The molecule has 0 bridgehead atoms.